The molecule has 3 aromatic carbocycles. The van der Waals surface area contributed by atoms with Gasteiger partial charge >= 0.3 is 0 Å². The Balaban J connectivity index is 1.73. The molecule has 1 unspecified atom stereocenters. The third-order valence-corrected chi connectivity index (χ3v) is 5.61. The molecule has 0 saturated heterocycles. The molecule has 4 aromatic rings. The monoisotopic (exact) mass is 357 g/mol. The summed E-state index contributed by atoms with van der Waals surface area (Å²) in [6.07, 6.45) is 4.53. The average Bonchev–Trinajstić information content (AvgIpc) is 3.14. The van der Waals surface area contributed by atoms with Gasteiger partial charge in [0, 0.05) is 6.42 Å². The lowest BCUT2D eigenvalue weighted by Gasteiger charge is -2.25. The fourth-order valence-corrected chi connectivity index (χ4v) is 4.11. The average molecular weight is 357 g/mol. The van der Waals surface area contributed by atoms with Gasteiger partial charge in [-0.25, -0.2) is 4.98 Å². The molecule has 3 heteroatoms. The molecule has 1 N–H and O–H groups in total. The van der Waals surface area contributed by atoms with E-state index < -0.39 is 5.60 Å². The van der Waals surface area contributed by atoms with Crippen molar-refractivity contribution in [2.75, 3.05) is 0 Å². The van der Waals surface area contributed by atoms with Gasteiger partial charge in [0.05, 0.1) is 10.2 Å². The van der Waals surface area contributed by atoms with Crippen molar-refractivity contribution >= 4 is 27.6 Å². The Morgan fingerprint density at radius 3 is 2.23 bits per heavy atom. The quantitative estimate of drug-likeness (QED) is 0.502. The van der Waals surface area contributed by atoms with Crippen molar-refractivity contribution in [2.24, 2.45) is 0 Å². The number of nitrogens with zero attached hydrogens (tertiary/aromatic N) is 1. The minimum atomic E-state index is -1.14. The summed E-state index contributed by atoms with van der Waals surface area (Å²) in [7, 11) is 0. The smallest absolute Gasteiger partial charge is 0.144 e. The zero-order valence-electron chi connectivity index (χ0n) is 14.2. The molecular formula is C23H19NOS. The molecule has 26 heavy (non-hydrogen) atoms. The highest BCUT2D eigenvalue weighted by Gasteiger charge is 2.33. The topological polar surface area (TPSA) is 33.1 Å². The van der Waals surface area contributed by atoms with E-state index in [9.17, 15) is 5.11 Å². The van der Waals surface area contributed by atoms with Crippen LogP contribution in [0.2, 0.25) is 0 Å². The van der Waals surface area contributed by atoms with Crippen LogP contribution in [0.25, 0.3) is 16.3 Å². The minimum absolute atomic E-state index is 0.464. The lowest BCUT2D eigenvalue weighted by atomic mass is 9.90. The standard InChI is InChI=1S/C23H19NOS/c25-23(19-13-5-2-6-14-19,17-9-12-18-10-3-1-4-11-18)22-24-20-15-7-8-16-21(20)26-22/h1-16,25H,17H2/b12-9+. The number of para-hydroxylation sites is 1. The summed E-state index contributed by atoms with van der Waals surface area (Å²) < 4.78 is 1.09. The van der Waals surface area contributed by atoms with E-state index in [0.29, 0.717) is 6.42 Å². The first kappa shape index (κ1) is 16.7. The fourth-order valence-electron chi connectivity index (χ4n) is 3.02. The molecule has 0 radical (unpaired) electrons. The van der Waals surface area contributed by atoms with Crippen molar-refractivity contribution in [2.45, 2.75) is 12.0 Å². The van der Waals surface area contributed by atoms with E-state index >= 15 is 0 Å². The van der Waals surface area contributed by atoms with Crippen molar-refractivity contribution in [1.29, 1.82) is 0 Å². The summed E-state index contributed by atoms with van der Waals surface area (Å²) >= 11 is 1.55. The predicted molar refractivity (Wildman–Crippen MR) is 109 cm³/mol. The second-order valence-electron chi connectivity index (χ2n) is 6.23. The van der Waals surface area contributed by atoms with Crippen LogP contribution in [0.4, 0.5) is 0 Å². The maximum Gasteiger partial charge on any atom is 0.144 e. The molecule has 1 atom stereocenters. The number of benzene rings is 3. The van der Waals surface area contributed by atoms with Gasteiger partial charge in [-0.2, -0.15) is 0 Å². The van der Waals surface area contributed by atoms with Crippen LogP contribution in [0.1, 0.15) is 22.6 Å². The second-order valence-corrected chi connectivity index (χ2v) is 7.26. The minimum Gasteiger partial charge on any atom is -0.378 e. The molecule has 0 aliphatic heterocycles. The Bertz CT molecular complexity index is 991. The third-order valence-electron chi connectivity index (χ3n) is 4.42. The molecular weight excluding hydrogens is 338 g/mol. The van der Waals surface area contributed by atoms with Crippen LogP contribution >= 0.6 is 11.3 Å². The molecule has 0 spiro atoms. The van der Waals surface area contributed by atoms with Crippen LogP contribution in [0.5, 0.6) is 0 Å². The highest BCUT2D eigenvalue weighted by molar-refractivity contribution is 7.18. The normalized spacial score (nSPS) is 13.9. The second kappa shape index (κ2) is 7.24. The number of thiazole rings is 1. The van der Waals surface area contributed by atoms with Gasteiger partial charge in [0.2, 0.25) is 0 Å². The Labute approximate surface area is 157 Å². The van der Waals surface area contributed by atoms with E-state index in [1.807, 2.05) is 84.9 Å². The summed E-state index contributed by atoms with van der Waals surface area (Å²) in [5.41, 5.74) is 1.76. The first-order chi connectivity index (χ1) is 12.8. The van der Waals surface area contributed by atoms with Crippen molar-refractivity contribution < 1.29 is 5.11 Å². The van der Waals surface area contributed by atoms with Crippen LogP contribution in [-0.4, -0.2) is 10.1 Å². The lowest BCUT2D eigenvalue weighted by Crippen LogP contribution is -2.26. The summed E-state index contributed by atoms with van der Waals surface area (Å²) in [5, 5.41) is 12.4. The van der Waals surface area contributed by atoms with E-state index in [0.717, 1.165) is 26.4 Å². The number of hydrogen-bond acceptors (Lipinski definition) is 3. The molecule has 0 saturated carbocycles. The lowest BCUT2D eigenvalue weighted by molar-refractivity contribution is 0.0842. The first-order valence-electron chi connectivity index (χ1n) is 8.61. The van der Waals surface area contributed by atoms with E-state index in [-0.39, 0.29) is 0 Å². The number of aromatic nitrogens is 1. The summed E-state index contributed by atoms with van der Waals surface area (Å²) in [5.74, 6) is 0. The number of hydrogen-bond donors (Lipinski definition) is 1. The maximum atomic E-state index is 11.6. The zero-order valence-corrected chi connectivity index (χ0v) is 15.1. The molecule has 1 aromatic heterocycles. The largest absolute Gasteiger partial charge is 0.378 e. The van der Waals surface area contributed by atoms with Crippen LogP contribution in [-0.2, 0) is 5.60 Å². The molecule has 2 nitrogen and oxygen atoms in total. The van der Waals surface area contributed by atoms with Crippen molar-refractivity contribution in [1.82, 2.24) is 4.98 Å². The Morgan fingerprint density at radius 2 is 1.50 bits per heavy atom. The summed E-state index contributed by atoms with van der Waals surface area (Å²) in [6, 6.07) is 27.9. The maximum absolute atomic E-state index is 11.6. The molecule has 0 bridgehead atoms. The number of fused-ring (bicyclic) bond motifs is 1. The van der Waals surface area contributed by atoms with Crippen molar-refractivity contribution in [3.8, 4) is 0 Å². The van der Waals surface area contributed by atoms with Gasteiger partial charge in [0.15, 0.2) is 0 Å². The van der Waals surface area contributed by atoms with Gasteiger partial charge < -0.3 is 5.11 Å². The number of aliphatic hydroxyl groups is 1. The van der Waals surface area contributed by atoms with Gasteiger partial charge in [-0.3, -0.25) is 0 Å². The fraction of sp³-hybridized carbons (Fsp3) is 0.0870. The van der Waals surface area contributed by atoms with Crippen LogP contribution in [0.3, 0.4) is 0 Å². The van der Waals surface area contributed by atoms with Crippen LogP contribution in [0, 0.1) is 0 Å². The first-order valence-corrected chi connectivity index (χ1v) is 9.43. The Morgan fingerprint density at radius 1 is 0.846 bits per heavy atom. The molecule has 0 aliphatic carbocycles. The highest BCUT2D eigenvalue weighted by Crippen LogP contribution is 2.38. The van der Waals surface area contributed by atoms with E-state index in [4.69, 9.17) is 4.98 Å². The van der Waals surface area contributed by atoms with Gasteiger partial charge in [-0.1, -0.05) is 84.9 Å². The van der Waals surface area contributed by atoms with E-state index in [1.54, 1.807) is 11.3 Å². The molecule has 1 heterocycles. The van der Waals surface area contributed by atoms with E-state index in [2.05, 4.69) is 12.1 Å². The Hall–Kier alpha value is -2.75. The van der Waals surface area contributed by atoms with Gasteiger partial charge in [-0.05, 0) is 23.3 Å². The van der Waals surface area contributed by atoms with Crippen LogP contribution in [0.15, 0.2) is 91.0 Å². The highest BCUT2D eigenvalue weighted by atomic mass is 32.1. The molecule has 4 rings (SSSR count). The zero-order chi connectivity index (χ0) is 17.8. The molecule has 0 amide bonds. The predicted octanol–water partition coefficient (Wildman–Crippen LogP) is 5.64. The molecule has 128 valence electrons. The number of rotatable bonds is 5. The van der Waals surface area contributed by atoms with Crippen molar-refractivity contribution in [3.63, 3.8) is 0 Å². The van der Waals surface area contributed by atoms with E-state index in [1.165, 1.54) is 0 Å². The Kier molecular flexibility index (Phi) is 4.65. The molecule has 0 aliphatic rings. The summed E-state index contributed by atoms with van der Waals surface area (Å²) in [6.45, 7) is 0. The SMILES string of the molecule is OC(C/C=C/c1ccccc1)(c1ccccc1)c1nc2ccccc2s1. The van der Waals surface area contributed by atoms with Crippen molar-refractivity contribution in [3.05, 3.63) is 107 Å². The van der Waals surface area contributed by atoms with Gasteiger partial charge in [0.1, 0.15) is 10.6 Å². The van der Waals surface area contributed by atoms with Gasteiger partial charge in [0.25, 0.3) is 0 Å². The molecule has 0 fully saturated rings. The third kappa shape index (κ3) is 3.32. The van der Waals surface area contributed by atoms with Crippen LogP contribution < -0.4 is 0 Å². The summed E-state index contributed by atoms with van der Waals surface area (Å²) in [4.78, 5) is 4.72. The van der Waals surface area contributed by atoms with Gasteiger partial charge in [-0.15, -0.1) is 11.3 Å².